The number of rotatable bonds is 1. The molecule has 0 spiro atoms. The third kappa shape index (κ3) is 2.33. The van der Waals surface area contributed by atoms with Crippen molar-refractivity contribution in [3.05, 3.63) is 71.3 Å². The molecule has 0 aliphatic carbocycles. The fourth-order valence-corrected chi connectivity index (χ4v) is 3.67. The van der Waals surface area contributed by atoms with Gasteiger partial charge in [0, 0.05) is 23.3 Å². The summed E-state index contributed by atoms with van der Waals surface area (Å²) in [4.78, 5) is 2.05. The van der Waals surface area contributed by atoms with Gasteiger partial charge in [-0.3, -0.25) is 5.41 Å². The highest BCUT2D eigenvalue weighted by molar-refractivity contribution is 6.10. The first-order chi connectivity index (χ1) is 11.6. The van der Waals surface area contributed by atoms with Crippen LogP contribution in [0.4, 0.5) is 11.4 Å². The summed E-state index contributed by atoms with van der Waals surface area (Å²) in [6, 6.07) is 18.9. The van der Waals surface area contributed by atoms with Gasteiger partial charge in [-0.15, -0.1) is 0 Å². The number of anilines is 2. The molecule has 0 saturated heterocycles. The summed E-state index contributed by atoms with van der Waals surface area (Å²) in [6.07, 6.45) is 0.994. The molecule has 0 radical (unpaired) electrons. The molecule has 1 aliphatic heterocycles. The third-order valence-electron chi connectivity index (χ3n) is 4.87. The van der Waals surface area contributed by atoms with Crippen molar-refractivity contribution in [1.82, 2.24) is 0 Å². The van der Waals surface area contributed by atoms with E-state index in [9.17, 15) is 0 Å². The smallest absolute Gasteiger partial charge is 0.200 e. The number of hydrogen-bond acceptors (Lipinski definition) is 1. The van der Waals surface area contributed by atoms with Gasteiger partial charge in [-0.2, -0.15) is 0 Å². The maximum Gasteiger partial charge on any atom is 0.200 e. The number of aryl methyl sites for hydroxylation is 2. The molecule has 0 bridgehead atoms. The van der Waals surface area contributed by atoms with E-state index >= 15 is 0 Å². The number of fused-ring (bicyclic) bond motifs is 2. The average molecular weight is 315 g/mol. The first-order valence-electron chi connectivity index (χ1n) is 8.35. The van der Waals surface area contributed by atoms with Crippen LogP contribution in [-0.2, 0) is 6.42 Å². The van der Waals surface area contributed by atoms with Crippen LogP contribution >= 0.6 is 0 Å². The standard InChI is InChI=1S/C21H21N3/c1-14-6-5-8-17-18(11-10-15(2)20(14)17)23-21(22)24-13-12-16-7-3-4-9-19(16)24/h3-11H,12-13H2,1-2H3,(H2,22,23). The molecule has 24 heavy (non-hydrogen) atoms. The predicted octanol–water partition coefficient (Wildman–Crippen LogP) is 4.87. The summed E-state index contributed by atoms with van der Waals surface area (Å²) in [7, 11) is 0. The molecule has 120 valence electrons. The van der Waals surface area contributed by atoms with Crippen LogP contribution in [0.3, 0.4) is 0 Å². The molecule has 0 fully saturated rings. The average Bonchev–Trinajstić information content (AvgIpc) is 3.01. The van der Waals surface area contributed by atoms with Crippen LogP contribution in [0, 0.1) is 19.3 Å². The zero-order valence-electron chi connectivity index (χ0n) is 14.1. The second kappa shape index (κ2) is 5.68. The Labute approximate surface area is 142 Å². The van der Waals surface area contributed by atoms with Crippen molar-refractivity contribution in [3.63, 3.8) is 0 Å². The summed E-state index contributed by atoms with van der Waals surface area (Å²) >= 11 is 0. The Balaban J connectivity index is 1.70. The van der Waals surface area contributed by atoms with Crippen LogP contribution in [0.15, 0.2) is 54.6 Å². The fourth-order valence-electron chi connectivity index (χ4n) is 3.67. The lowest BCUT2D eigenvalue weighted by Crippen LogP contribution is -2.34. The van der Waals surface area contributed by atoms with Gasteiger partial charge in [-0.25, -0.2) is 0 Å². The van der Waals surface area contributed by atoms with Gasteiger partial charge in [0.1, 0.15) is 0 Å². The molecule has 2 N–H and O–H groups in total. The highest BCUT2D eigenvalue weighted by Crippen LogP contribution is 2.31. The zero-order valence-corrected chi connectivity index (χ0v) is 14.1. The summed E-state index contributed by atoms with van der Waals surface area (Å²) in [6.45, 7) is 5.14. The lowest BCUT2D eigenvalue weighted by atomic mass is 9.99. The number of para-hydroxylation sites is 1. The number of hydrogen-bond donors (Lipinski definition) is 2. The number of nitrogens with zero attached hydrogens (tertiary/aromatic N) is 1. The Bertz CT molecular complexity index is 935. The lowest BCUT2D eigenvalue weighted by molar-refractivity contribution is 1.01. The molecule has 3 aromatic carbocycles. The highest BCUT2D eigenvalue weighted by atomic mass is 15.3. The SMILES string of the molecule is Cc1cccc2c(NC(=N)N3CCc4ccccc43)ccc(C)c12. The van der Waals surface area contributed by atoms with E-state index in [-0.39, 0.29) is 0 Å². The van der Waals surface area contributed by atoms with E-state index in [0.29, 0.717) is 5.96 Å². The van der Waals surface area contributed by atoms with Crippen molar-refractivity contribution < 1.29 is 0 Å². The topological polar surface area (TPSA) is 39.1 Å². The minimum atomic E-state index is 0.437. The molecule has 1 heterocycles. The highest BCUT2D eigenvalue weighted by Gasteiger charge is 2.22. The summed E-state index contributed by atoms with van der Waals surface area (Å²) in [5, 5.41) is 14.3. The van der Waals surface area contributed by atoms with Gasteiger partial charge < -0.3 is 10.2 Å². The second-order valence-corrected chi connectivity index (χ2v) is 6.43. The molecule has 0 atom stereocenters. The van der Waals surface area contributed by atoms with Crippen molar-refractivity contribution in [2.45, 2.75) is 20.3 Å². The minimum absolute atomic E-state index is 0.437. The van der Waals surface area contributed by atoms with E-state index in [2.05, 4.69) is 72.6 Å². The van der Waals surface area contributed by atoms with Crippen molar-refractivity contribution in [2.24, 2.45) is 0 Å². The van der Waals surface area contributed by atoms with Gasteiger partial charge in [0.25, 0.3) is 0 Å². The first kappa shape index (κ1) is 14.8. The maximum absolute atomic E-state index is 8.55. The van der Waals surface area contributed by atoms with Gasteiger partial charge in [-0.1, -0.05) is 42.5 Å². The van der Waals surface area contributed by atoms with Crippen molar-refractivity contribution in [2.75, 3.05) is 16.8 Å². The van der Waals surface area contributed by atoms with Crippen LogP contribution < -0.4 is 10.2 Å². The van der Waals surface area contributed by atoms with Gasteiger partial charge in [0.05, 0.1) is 0 Å². The molecule has 0 unspecified atom stereocenters. The van der Waals surface area contributed by atoms with Gasteiger partial charge in [0.2, 0.25) is 0 Å². The summed E-state index contributed by atoms with van der Waals surface area (Å²) in [5.74, 6) is 0.437. The molecule has 1 aliphatic rings. The van der Waals surface area contributed by atoms with Crippen LogP contribution in [0.5, 0.6) is 0 Å². The monoisotopic (exact) mass is 315 g/mol. The molecular weight excluding hydrogens is 294 g/mol. The fraction of sp³-hybridized carbons (Fsp3) is 0.190. The zero-order chi connectivity index (χ0) is 16.7. The van der Waals surface area contributed by atoms with Crippen molar-refractivity contribution in [1.29, 1.82) is 5.41 Å². The Kier molecular flexibility index (Phi) is 3.49. The molecule has 0 aromatic heterocycles. The Morgan fingerprint density at radius 3 is 2.62 bits per heavy atom. The number of benzene rings is 3. The van der Waals surface area contributed by atoms with Gasteiger partial charge in [-0.05, 0) is 54.5 Å². The first-order valence-corrected chi connectivity index (χ1v) is 8.35. The molecule has 0 saturated carbocycles. The second-order valence-electron chi connectivity index (χ2n) is 6.43. The van der Waals surface area contributed by atoms with E-state index in [4.69, 9.17) is 5.41 Å². The van der Waals surface area contributed by atoms with Crippen LogP contribution in [0.1, 0.15) is 16.7 Å². The van der Waals surface area contributed by atoms with E-state index in [1.165, 1.54) is 27.5 Å². The lowest BCUT2D eigenvalue weighted by Gasteiger charge is -2.22. The molecule has 3 heteroatoms. The van der Waals surface area contributed by atoms with Gasteiger partial charge in [0.15, 0.2) is 5.96 Å². The molecular formula is C21H21N3. The van der Waals surface area contributed by atoms with Crippen molar-refractivity contribution in [3.8, 4) is 0 Å². The van der Waals surface area contributed by atoms with E-state index in [0.717, 1.165) is 24.3 Å². The van der Waals surface area contributed by atoms with Gasteiger partial charge >= 0.3 is 0 Å². The predicted molar refractivity (Wildman–Crippen MR) is 102 cm³/mol. The molecule has 3 nitrogen and oxygen atoms in total. The Hall–Kier alpha value is -2.81. The number of guanidine groups is 1. The van der Waals surface area contributed by atoms with Crippen molar-refractivity contribution >= 4 is 28.1 Å². The van der Waals surface area contributed by atoms with Crippen LogP contribution in [0.2, 0.25) is 0 Å². The Morgan fingerprint density at radius 1 is 0.958 bits per heavy atom. The minimum Gasteiger partial charge on any atom is -0.326 e. The molecule has 0 amide bonds. The quantitative estimate of drug-likeness (QED) is 0.497. The summed E-state index contributed by atoms with van der Waals surface area (Å²) in [5.41, 5.74) is 5.99. The van der Waals surface area contributed by atoms with E-state index in [1.54, 1.807) is 0 Å². The Morgan fingerprint density at radius 2 is 1.75 bits per heavy atom. The van der Waals surface area contributed by atoms with E-state index < -0.39 is 0 Å². The molecule has 4 rings (SSSR count). The molecule has 3 aromatic rings. The normalized spacial score (nSPS) is 13.2. The van der Waals surface area contributed by atoms with Crippen LogP contribution in [-0.4, -0.2) is 12.5 Å². The number of nitrogens with one attached hydrogen (secondary N) is 2. The van der Waals surface area contributed by atoms with Crippen LogP contribution in [0.25, 0.3) is 10.8 Å². The maximum atomic E-state index is 8.55. The third-order valence-corrected chi connectivity index (χ3v) is 4.87. The van der Waals surface area contributed by atoms with E-state index in [1.807, 2.05) is 6.07 Å². The summed E-state index contributed by atoms with van der Waals surface area (Å²) < 4.78 is 0. The largest absolute Gasteiger partial charge is 0.326 e.